The lowest BCUT2D eigenvalue weighted by molar-refractivity contribution is 0.170. The van der Waals surface area contributed by atoms with Crippen LogP contribution in [0.2, 0.25) is 0 Å². The van der Waals surface area contributed by atoms with E-state index in [4.69, 9.17) is 24.1 Å². The highest BCUT2D eigenvalue weighted by atomic mass is 16.7. The summed E-state index contributed by atoms with van der Waals surface area (Å²) >= 11 is 0. The maximum atomic E-state index is 9.09. The van der Waals surface area contributed by atoms with Gasteiger partial charge in [-0.1, -0.05) is 6.92 Å². The molecule has 1 heterocycles. The number of ether oxygens (including phenoxy) is 4. The molecular weight excluding hydrogens is 274 g/mol. The lowest BCUT2D eigenvalue weighted by Gasteiger charge is -2.15. The van der Waals surface area contributed by atoms with Gasteiger partial charge < -0.3 is 29.4 Å². The number of rotatable bonds is 9. The standard InChI is InChI=1S/C15H23NO5/c1-11(8-17)9-19-13-6-15-14(20-10-21-15)5-12(13)7-16-3-4-18-2/h5-6,11,16-17H,3-4,7-10H2,1-2H3. The minimum Gasteiger partial charge on any atom is -0.493 e. The van der Waals surface area contributed by atoms with Crippen LogP contribution in [0, 0.1) is 5.92 Å². The van der Waals surface area contributed by atoms with Gasteiger partial charge in [0.15, 0.2) is 11.5 Å². The molecule has 0 aliphatic carbocycles. The molecule has 0 amide bonds. The van der Waals surface area contributed by atoms with Crippen molar-refractivity contribution in [3.05, 3.63) is 17.7 Å². The molecule has 2 rings (SSSR count). The Hall–Kier alpha value is -1.50. The van der Waals surface area contributed by atoms with Crippen molar-refractivity contribution >= 4 is 0 Å². The molecule has 1 aromatic carbocycles. The van der Waals surface area contributed by atoms with Crippen LogP contribution in [0.1, 0.15) is 12.5 Å². The van der Waals surface area contributed by atoms with Crippen LogP contribution in [0.15, 0.2) is 12.1 Å². The highest BCUT2D eigenvalue weighted by Crippen LogP contribution is 2.38. The molecule has 21 heavy (non-hydrogen) atoms. The fourth-order valence-corrected chi connectivity index (χ4v) is 1.92. The van der Waals surface area contributed by atoms with Gasteiger partial charge in [0, 0.05) is 44.4 Å². The second-order valence-electron chi connectivity index (χ2n) is 5.08. The zero-order valence-corrected chi connectivity index (χ0v) is 12.6. The molecule has 0 radical (unpaired) electrons. The lowest BCUT2D eigenvalue weighted by atomic mass is 10.1. The van der Waals surface area contributed by atoms with Gasteiger partial charge in [-0.05, 0) is 6.07 Å². The van der Waals surface area contributed by atoms with Gasteiger partial charge in [-0.2, -0.15) is 0 Å². The van der Waals surface area contributed by atoms with E-state index >= 15 is 0 Å². The van der Waals surface area contributed by atoms with E-state index in [0.29, 0.717) is 25.5 Å². The predicted octanol–water partition coefficient (Wildman–Crippen LogP) is 1.16. The molecule has 1 atom stereocenters. The molecule has 6 heteroatoms. The molecule has 1 aliphatic rings. The van der Waals surface area contributed by atoms with Gasteiger partial charge >= 0.3 is 0 Å². The Kier molecular flexibility index (Phi) is 6.10. The van der Waals surface area contributed by atoms with Gasteiger partial charge in [0.1, 0.15) is 5.75 Å². The fourth-order valence-electron chi connectivity index (χ4n) is 1.92. The number of aliphatic hydroxyl groups is 1. The second kappa shape index (κ2) is 8.07. The van der Waals surface area contributed by atoms with Gasteiger partial charge in [0.05, 0.1) is 13.2 Å². The Balaban J connectivity index is 2.04. The van der Waals surface area contributed by atoms with Crippen molar-refractivity contribution in [1.82, 2.24) is 5.32 Å². The maximum Gasteiger partial charge on any atom is 0.231 e. The van der Waals surface area contributed by atoms with Gasteiger partial charge in [0.2, 0.25) is 6.79 Å². The third-order valence-corrected chi connectivity index (χ3v) is 3.19. The van der Waals surface area contributed by atoms with Crippen LogP contribution in [0.3, 0.4) is 0 Å². The van der Waals surface area contributed by atoms with Crippen LogP contribution in [0.5, 0.6) is 17.2 Å². The number of benzene rings is 1. The molecule has 0 aromatic heterocycles. The molecule has 6 nitrogen and oxygen atoms in total. The first-order valence-electron chi connectivity index (χ1n) is 7.10. The largest absolute Gasteiger partial charge is 0.493 e. The molecule has 2 N–H and O–H groups in total. The van der Waals surface area contributed by atoms with Crippen molar-refractivity contribution in [2.75, 3.05) is 40.3 Å². The summed E-state index contributed by atoms with van der Waals surface area (Å²) in [5.41, 5.74) is 1.00. The molecule has 0 saturated carbocycles. The smallest absolute Gasteiger partial charge is 0.231 e. The quantitative estimate of drug-likeness (QED) is 0.667. The molecular formula is C15H23NO5. The van der Waals surface area contributed by atoms with Crippen LogP contribution >= 0.6 is 0 Å². The van der Waals surface area contributed by atoms with Crippen molar-refractivity contribution in [3.8, 4) is 17.2 Å². The SMILES string of the molecule is COCCNCc1cc2c(cc1OCC(C)CO)OCO2. The maximum absolute atomic E-state index is 9.09. The monoisotopic (exact) mass is 297 g/mol. The average Bonchev–Trinajstić information content (AvgIpc) is 2.95. The molecule has 0 spiro atoms. The molecule has 118 valence electrons. The summed E-state index contributed by atoms with van der Waals surface area (Å²) < 4.78 is 21.6. The third-order valence-electron chi connectivity index (χ3n) is 3.19. The number of hydrogen-bond donors (Lipinski definition) is 2. The van der Waals surface area contributed by atoms with Gasteiger partial charge in [-0.15, -0.1) is 0 Å². The molecule has 0 bridgehead atoms. The van der Waals surface area contributed by atoms with Crippen LogP contribution in [0.25, 0.3) is 0 Å². The average molecular weight is 297 g/mol. The van der Waals surface area contributed by atoms with Crippen LogP contribution in [-0.2, 0) is 11.3 Å². The first kappa shape index (κ1) is 15.9. The topological polar surface area (TPSA) is 69.2 Å². The Morgan fingerprint density at radius 1 is 1.33 bits per heavy atom. The van der Waals surface area contributed by atoms with Crippen molar-refractivity contribution < 1.29 is 24.1 Å². The van der Waals surface area contributed by atoms with E-state index in [1.165, 1.54) is 0 Å². The van der Waals surface area contributed by atoms with Gasteiger partial charge in [-0.25, -0.2) is 0 Å². The number of nitrogens with one attached hydrogen (secondary N) is 1. The Morgan fingerprint density at radius 2 is 2.10 bits per heavy atom. The summed E-state index contributed by atoms with van der Waals surface area (Å²) in [6, 6.07) is 3.78. The molecule has 0 saturated heterocycles. The summed E-state index contributed by atoms with van der Waals surface area (Å²) in [6.45, 7) is 4.81. The summed E-state index contributed by atoms with van der Waals surface area (Å²) in [5, 5.41) is 12.4. The molecule has 1 aliphatic heterocycles. The summed E-state index contributed by atoms with van der Waals surface area (Å²) in [7, 11) is 1.67. The Labute approximate surface area is 125 Å². The lowest BCUT2D eigenvalue weighted by Crippen LogP contribution is -2.19. The predicted molar refractivity (Wildman–Crippen MR) is 77.9 cm³/mol. The Bertz CT molecular complexity index is 452. The minimum atomic E-state index is 0.0877. The van der Waals surface area contributed by atoms with Crippen LogP contribution in [0.4, 0.5) is 0 Å². The van der Waals surface area contributed by atoms with E-state index in [1.54, 1.807) is 7.11 Å². The normalized spacial score (nSPS) is 14.2. The number of hydrogen-bond acceptors (Lipinski definition) is 6. The minimum absolute atomic E-state index is 0.0877. The van der Waals surface area contributed by atoms with E-state index in [9.17, 15) is 0 Å². The van der Waals surface area contributed by atoms with E-state index in [1.807, 2.05) is 19.1 Å². The first-order valence-corrected chi connectivity index (χ1v) is 7.10. The molecule has 0 fully saturated rings. The molecule has 1 unspecified atom stereocenters. The van der Waals surface area contributed by atoms with E-state index in [2.05, 4.69) is 5.32 Å². The van der Waals surface area contributed by atoms with Crippen molar-refractivity contribution in [2.24, 2.45) is 5.92 Å². The molecule has 1 aromatic rings. The van der Waals surface area contributed by atoms with Crippen molar-refractivity contribution in [2.45, 2.75) is 13.5 Å². The van der Waals surface area contributed by atoms with Crippen molar-refractivity contribution in [1.29, 1.82) is 0 Å². The fraction of sp³-hybridized carbons (Fsp3) is 0.600. The third kappa shape index (κ3) is 4.49. The zero-order valence-electron chi connectivity index (χ0n) is 12.6. The number of fused-ring (bicyclic) bond motifs is 1. The second-order valence-corrected chi connectivity index (χ2v) is 5.08. The van der Waals surface area contributed by atoms with E-state index < -0.39 is 0 Å². The van der Waals surface area contributed by atoms with Crippen LogP contribution in [-0.4, -0.2) is 45.4 Å². The highest BCUT2D eigenvalue weighted by Gasteiger charge is 2.18. The van der Waals surface area contributed by atoms with Crippen LogP contribution < -0.4 is 19.5 Å². The summed E-state index contributed by atoms with van der Waals surface area (Å²) in [6.07, 6.45) is 0. The number of methoxy groups -OCH3 is 1. The zero-order chi connectivity index (χ0) is 15.1. The van der Waals surface area contributed by atoms with Crippen molar-refractivity contribution in [3.63, 3.8) is 0 Å². The summed E-state index contributed by atoms with van der Waals surface area (Å²) in [5.74, 6) is 2.28. The van der Waals surface area contributed by atoms with E-state index in [0.717, 1.165) is 23.6 Å². The highest BCUT2D eigenvalue weighted by molar-refractivity contribution is 5.51. The van der Waals surface area contributed by atoms with Gasteiger partial charge in [-0.3, -0.25) is 0 Å². The Morgan fingerprint density at radius 3 is 2.81 bits per heavy atom. The number of aliphatic hydroxyl groups excluding tert-OH is 1. The summed E-state index contributed by atoms with van der Waals surface area (Å²) in [4.78, 5) is 0. The van der Waals surface area contributed by atoms with Gasteiger partial charge in [0.25, 0.3) is 0 Å². The first-order chi connectivity index (χ1) is 10.2. The van der Waals surface area contributed by atoms with E-state index in [-0.39, 0.29) is 19.3 Å².